The minimum atomic E-state index is -1.49. The number of pyridine rings is 1. The van der Waals surface area contributed by atoms with E-state index in [1.807, 2.05) is 11.8 Å². The van der Waals surface area contributed by atoms with E-state index in [2.05, 4.69) is 16.9 Å². The van der Waals surface area contributed by atoms with Crippen molar-refractivity contribution in [3.63, 3.8) is 0 Å². The van der Waals surface area contributed by atoms with Crippen LogP contribution in [0.15, 0.2) is 73.4 Å². The van der Waals surface area contributed by atoms with Gasteiger partial charge in [-0.2, -0.15) is 0 Å². The molecular weight excluding hydrogens is 518 g/mol. The molecule has 40 heavy (non-hydrogen) atoms. The second kappa shape index (κ2) is 13.2. The van der Waals surface area contributed by atoms with Gasteiger partial charge in [-0.1, -0.05) is 18.7 Å². The second-order valence-electron chi connectivity index (χ2n) is 9.34. The summed E-state index contributed by atoms with van der Waals surface area (Å²) in [7, 11) is 0. The molecule has 2 heterocycles. The topological polar surface area (TPSA) is 84.0 Å². The number of anilines is 1. The van der Waals surface area contributed by atoms with Gasteiger partial charge in [0.2, 0.25) is 11.8 Å². The highest BCUT2D eigenvalue weighted by Gasteiger charge is 2.31. The quantitative estimate of drug-likeness (QED) is 0.285. The van der Waals surface area contributed by atoms with Gasteiger partial charge in [0, 0.05) is 37.8 Å². The van der Waals surface area contributed by atoms with E-state index in [4.69, 9.17) is 9.47 Å². The summed E-state index contributed by atoms with van der Waals surface area (Å²) in [6.45, 7) is 8.35. The molecule has 210 valence electrons. The third-order valence-electron chi connectivity index (χ3n) is 6.53. The summed E-state index contributed by atoms with van der Waals surface area (Å²) in [4.78, 5) is 31.7. The van der Waals surface area contributed by atoms with E-state index in [0.717, 1.165) is 11.0 Å². The molecule has 0 unspecified atom stereocenters. The zero-order valence-corrected chi connectivity index (χ0v) is 22.5. The molecule has 1 aromatic heterocycles. The number of alkyl halides is 1. The second-order valence-corrected chi connectivity index (χ2v) is 9.34. The van der Waals surface area contributed by atoms with E-state index in [1.165, 1.54) is 12.3 Å². The van der Waals surface area contributed by atoms with Crippen molar-refractivity contribution < 1.29 is 27.8 Å². The number of nitrogens with zero attached hydrogens (tertiary/aromatic N) is 3. The van der Waals surface area contributed by atoms with E-state index >= 15 is 0 Å². The van der Waals surface area contributed by atoms with Crippen LogP contribution in [0.1, 0.15) is 34.5 Å². The van der Waals surface area contributed by atoms with E-state index in [-0.39, 0.29) is 31.4 Å². The van der Waals surface area contributed by atoms with Gasteiger partial charge >= 0.3 is 0 Å². The molecule has 0 saturated carbocycles. The fourth-order valence-electron chi connectivity index (χ4n) is 4.32. The number of nitrogens with one attached hydrogen (secondary N) is 1. The Balaban J connectivity index is 1.45. The largest absolute Gasteiger partial charge is 0.484 e. The van der Waals surface area contributed by atoms with Gasteiger partial charge in [0.05, 0.1) is 18.5 Å². The highest BCUT2D eigenvalue weighted by molar-refractivity contribution is 6.04. The number of hydrogen-bond donors (Lipinski definition) is 1. The minimum Gasteiger partial charge on any atom is -0.484 e. The third kappa shape index (κ3) is 7.20. The van der Waals surface area contributed by atoms with Crippen LogP contribution in [-0.2, 0) is 4.79 Å². The van der Waals surface area contributed by atoms with Crippen molar-refractivity contribution in [1.82, 2.24) is 14.8 Å². The maximum atomic E-state index is 14.7. The summed E-state index contributed by atoms with van der Waals surface area (Å²) in [5, 5.41) is 2.78. The molecule has 4 rings (SSSR count). The van der Waals surface area contributed by atoms with Gasteiger partial charge in [-0.25, -0.2) is 13.8 Å². The van der Waals surface area contributed by atoms with Gasteiger partial charge in [-0.15, -0.1) is 0 Å². The SMILES string of the molecule is C=CC(=O)N1CCN(C[C@@H](Oc2ccc(C(=O)Nc3ccc(OCC)nc3)cc2)c2ccc(C)c(F)c2)C[C@H]1F. The Morgan fingerprint density at radius 1 is 1.18 bits per heavy atom. The van der Waals surface area contributed by atoms with Crippen molar-refractivity contribution in [3.05, 3.63) is 96.0 Å². The van der Waals surface area contributed by atoms with Crippen LogP contribution in [0.4, 0.5) is 14.5 Å². The number of aryl methyl sites for hydroxylation is 1. The van der Waals surface area contributed by atoms with Crippen molar-refractivity contribution in [1.29, 1.82) is 0 Å². The predicted molar refractivity (Wildman–Crippen MR) is 148 cm³/mol. The van der Waals surface area contributed by atoms with Crippen LogP contribution >= 0.6 is 0 Å². The van der Waals surface area contributed by atoms with E-state index in [9.17, 15) is 18.4 Å². The molecule has 1 aliphatic heterocycles. The summed E-state index contributed by atoms with van der Waals surface area (Å²) in [5.74, 6) is -0.215. The van der Waals surface area contributed by atoms with Gasteiger partial charge in [0.15, 0.2) is 6.30 Å². The number of carbonyl (C=O) groups excluding carboxylic acids is 2. The summed E-state index contributed by atoms with van der Waals surface area (Å²) in [6, 6.07) is 14.8. The molecule has 8 nitrogen and oxygen atoms in total. The van der Waals surface area contributed by atoms with Crippen LogP contribution in [0.2, 0.25) is 0 Å². The van der Waals surface area contributed by atoms with Crippen LogP contribution < -0.4 is 14.8 Å². The number of halogens is 2. The van der Waals surface area contributed by atoms with Crippen LogP contribution in [0.3, 0.4) is 0 Å². The molecule has 2 aromatic carbocycles. The van der Waals surface area contributed by atoms with Gasteiger partial charge in [0.25, 0.3) is 5.91 Å². The predicted octanol–water partition coefficient (Wildman–Crippen LogP) is 4.93. The molecule has 2 amide bonds. The first-order chi connectivity index (χ1) is 19.3. The van der Waals surface area contributed by atoms with Crippen molar-refractivity contribution in [2.45, 2.75) is 26.2 Å². The first-order valence-electron chi connectivity index (χ1n) is 13.0. The lowest BCUT2D eigenvalue weighted by molar-refractivity contribution is -0.136. The minimum absolute atomic E-state index is 0.00665. The van der Waals surface area contributed by atoms with Gasteiger partial charge in [0.1, 0.15) is 17.7 Å². The zero-order valence-electron chi connectivity index (χ0n) is 22.5. The highest BCUT2D eigenvalue weighted by atomic mass is 19.1. The molecule has 1 N–H and O–H groups in total. The van der Waals surface area contributed by atoms with Crippen molar-refractivity contribution >= 4 is 17.5 Å². The number of rotatable bonds is 10. The smallest absolute Gasteiger partial charge is 0.255 e. The molecule has 2 atom stereocenters. The standard InChI is InChI=1S/C30H32F2N4O4/c1-4-29(37)36-15-14-35(19-27(36)32)18-26(22-7-6-20(3)25(31)16-22)40-24-11-8-21(9-12-24)30(38)34-23-10-13-28(33-17-23)39-5-2/h4,6-13,16-17,26-27H,1,5,14-15,18-19H2,2-3H3,(H,34,38)/t26-,27+/m1/s1. The molecule has 0 spiro atoms. The Kier molecular flexibility index (Phi) is 9.44. The van der Waals surface area contributed by atoms with Gasteiger partial charge in [-0.3, -0.25) is 14.5 Å². The maximum Gasteiger partial charge on any atom is 0.255 e. The van der Waals surface area contributed by atoms with Crippen LogP contribution in [0, 0.1) is 12.7 Å². The normalized spacial score (nSPS) is 16.2. The lowest BCUT2D eigenvalue weighted by Crippen LogP contribution is -2.53. The Morgan fingerprint density at radius 3 is 2.58 bits per heavy atom. The molecule has 10 heteroatoms. The fourth-order valence-corrected chi connectivity index (χ4v) is 4.32. The van der Waals surface area contributed by atoms with Crippen LogP contribution in [0.25, 0.3) is 0 Å². The molecule has 3 aromatic rings. The van der Waals surface area contributed by atoms with Crippen molar-refractivity contribution in [2.24, 2.45) is 0 Å². The van der Waals surface area contributed by atoms with Crippen LogP contribution in [-0.4, -0.2) is 65.7 Å². The highest BCUT2D eigenvalue weighted by Crippen LogP contribution is 2.27. The van der Waals surface area contributed by atoms with Gasteiger partial charge < -0.3 is 19.7 Å². The van der Waals surface area contributed by atoms with Crippen LogP contribution in [0.5, 0.6) is 11.6 Å². The lowest BCUT2D eigenvalue weighted by atomic mass is 10.1. The average Bonchev–Trinajstić information content (AvgIpc) is 2.95. The Labute approximate surface area is 232 Å². The Hall–Kier alpha value is -4.31. The molecule has 0 bridgehead atoms. The third-order valence-corrected chi connectivity index (χ3v) is 6.53. The number of hydrogen-bond acceptors (Lipinski definition) is 6. The fraction of sp³-hybridized carbons (Fsp3) is 0.300. The molecule has 0 aliphatic carbocycles. The number of amides is 2. The Bertz CT molecular complexity index is 1330. The number of ether oxygens (including phenoxy) is 2. The summed E-state index contributed by atoms with van der Waals surface area (Å²) in [5.41, 5.74) is 2.02. The molecule has 1 aliphatic rings. The number of benzene rings is 2. The van der Waals surface area contributed by atoms with Crippen molar-refractivity contribution in [2.75, 3.05) is 38.1 Å². The number of aromatic nitrogens is 1. The molecule has 1 saturated heterocycles. The maximum absolute atomic E-state index is 14.7. The number of carbonyl (C=O) groups is 2. The van der Waals surface area contributed by atoms with E-state index in [1.54, 1.807) is 55.5 Å². The van der Waals surface area contributed by atoms with E-state index in [0.29, 0.717) is 47.2 Å². The number of piperazine rings is 1. The summed E-state index contributed by atoms with van der Waals surface area (Å²) in [6.07, 6.45) is 0.500. The molecular formula is C30H32F2N4O4. The first kappa shape index (κ1) is 28.7. The summed E-state index contributed by atoms with van der Waals surface area (Å²) < 4.78 is 40.7. The monoisotopic (exact) mass is 550 g/mol. The molecule has 0 radical (unpaired) electrons. The summed E-state index contributed by atoms with van der Waals surface area (Å²) >= 11 is 0. The zero-order chi connectivity index (χ0) is 28.6. The lowest BCUT2D eigenvalue weighted by Gasteiger charge is -2.38. The Morgan fingerprint density at radius 2 is 1.95 bits per heavy atom. The average molecular weight is 551 g/mol. The molecule has 1 fully saturated rings. The van der Waals surface area contributed by atoms with Gasteiger partial charge in [-0.05, 0) is 67.4 Å². The first-order valence-corrected chi connectivity index (χ1v) is 13.0. The van der Waals surface area contributed by atoms with E-state index < -0.39 is 18.3 Å². The van der Waals surface area contributed by atoms with Crippen molar-refractivity contribution in [3.8, 4) is 11.6 Å².